The Bertz CT molecular complexity index is 397. The van der Waals surface area contributed by atoms with Gasteiger partial charge in [-0.15, -0.1) is 0 Å². The van der Waals surface area contributed by atoms with E-state index in [1.165, 1.54) is 24.8 Å². The Morgan fingerprint density at radius 1 is 1.42 bits per heavy atom. The molecule has 2 unspecified atom stereocenters. The van der Waals surface area contributed by atoms with Crippen LogP contribution in [-0.4, -0.2) is 25.3 Å². The van der Waals surface area contributed by atoms with Crippen LogP contribution in [0.3, 0.4) is 0 Å². The molecule has 1 saturated carbocycles. The average Bonchev–Trinajstić information content (AvgIpc) is 2.94. The summed E-state index contributed by atoms with van der Waals surface area (Å²) >= 11 is 0. The molecule has 0 bridgehead atoms. The second-order valence-electron chi connectivity index (χ2n) is 6.59. The standard InChI is InChI=1S/C16H25NO2/c1-12(2)17-11-16(9-13-5-7-18-10-13)6-8-19-15(16)14-3-4-14/h5,7,10,12,14-15,17H,3-4,6,8-9,11H2,1-2H3. The maximum Gasteiger partial charge on any atom is 0.0934 e. The van der Waals surface area contributed by atoms with Crippen molar-refractivity contribution in [1.82, 2.24) is 5.32 Å². The summed E-state index contributed by atoms with van der Waals surface area (Å²) in [5.74, 6) is 0.795. The lowest BCUT2D eigenvalue weighted by molar-refractivity contribution is 0.0298. The molecule has 2 atom stereocenters. The van der Waals surface area contributed by atoms with E-state index in [0.717, 1.165) is 25.5 Å². The molecule has 0 amide bonds. The van der Waals surface area contributed by atoms with Crippen molar-refractivity contribution >= 4 is 0 Å². The summed E-state index contributed by atoms with van der Waals surface area (Å²) in [5.41, 5.74) is 1.57. The highest BCUT2D eigenvalue weighted by Gasteiger charge is 2.50. The molecule has 3 nitrogen and oxygen atoms in total. The van der Waals surface area contributed by atoms with Gasteiger partial charge in [-0.2, -0.15) is 0 Å². The normalized spacial score (nSPS) is 31.2. The van der Waals surface area contributed by atoms with Gasteiger partial charge < -0.3 is 14.5 Å². The van der Waals surface area contributed by atoms with Crippen LogP contribution in [0.25, 0.3) is 0 Å². The van der Waals surface area contributed by atoms with Gasteiger partial charge in [0.2, 0.25) is 0 Å². The molecule has 106 valence electrons. The van der Waals surface area contributed by atoms with E-state index in [1.807, 2.05) is 6.26 Å². The lowest BCUT2D eigenvalue weighted by Crippen LogP contribution is -2.45. The molecule has 3 rings (SSSR count). The van der Waals surface area contributed by atoms with E-state index in [0.29, 0.717) is 12.1 Å². The average molecular weight is 263 g/mol. The second-order valence-corrected chi connectivity index (χ2v) is 6.59. The van der Waals surface area contributed by atoms with Gasteiger partial charge in [0.05, 0.1) is 18.6 Å². The van der Waals surface area contributed by atoms with Crippen LogP contribution in [0.5, 0.6) is 0 Å². The molecule has 1 aliphatic heterocycles. The van der Waals surface area contributed by atoms with Gasteiger partial charge in [0.15, 0.2) is 0 Å². The topological polar surface area (TPSA) is 34.4 Å². The molecule has 0 spiro atoms. The van der Waals surface area contributed by atoms with E-state index in [9.17, 15) is 0 Å². The Morgan fingerprint density at radius 2 is 2.26 bits per heavy atom. The molecular weight excluding hydrogens is 238 g/mol. The van der Waals surface area contributed by atoms with Crippen molar-refractivity contribution in [3.05, 3.63) is 24.2 Å². The van der Waals surface area contributed by atoms with Crippen LogP contribution in [0.1, 0.15) is 38.7 Å². The molecule has 1 N–H and O–H groups in total. The third kappa shape index (κ3) is 2.87. The Kier molecular flexibility index (Phi) is 3.68. The van der Waals surface area contributed by atoms with Gasteiger partial charge in [-0.05, 0) is 43.2 Å². The van der Waals surface area contributed by atoms with Crippen LogP contribution in [0.2, 0.25) is 0 Å². The van der Waals surface area contributed by atoms with Crippen LogP contribution in [0, 0.1) is 11.3 Å². The van der Waals surface area contributed by atoms with Gasteiger partial charge in [-0.3, -0.25) is 0 Å². The predicted octanol–water partition coefficient (Wildman–Crippen LogP) is 3.01. The third-order valence-corrected chi connectivity index (χ3v) is 4.55. The zero-order valence-electron chi connectivity index (χ0n) is 12.0. The summed E-state index contributed by atoms with van der Waals surface area (Å²) in [5, 5.41) is 3.64. The smallest absolute Gasteiger partial charge is 0.0934 e. The fraction of sp³-hybridized carbons (Fsp3) is 0.750. The van der Waals surface area contributed by atoms with E-state index in [2.05, 4.69) is 25.2 Å². The molecule has 1 aliphatic carbocycles. The highest BCUT2D eigenvalue weighted by Crippen LogP contribution is 2.49. The van der Waals surface area contributed by atoms with E-state index >= 15 is 0 Å². The maximum atomic E-state index is 6.10. The van der Waals surface area contributed by atoms with Gasteiger partial charge in [0, 0.05) is 24.6 Å². The minimum Gasteiger partial charge on any atom is -0.472 e. The summed E-state index contributed by atoms with van der Waals surface area (Å²) < 4.78 is 11.3. The van der Waals surface area contributed by atoms with Crippen molar-refractivity contribution < 1.29 is 9.15 Å². The minimum atomic E-state index is 0.259. The van der Waals surface area contributed by atoms with Crippen molar-refractivity contribution in [3.8, 4) is 0 Å². The molecule has 1 saturated heterocycles. The second kappa shape index (κ2) is 5.29. The predicted molar refractivity (Wildman–Crippen MR) is 75.1 cm³/mol. The Morgan fingerprint density at radius 3 is 2.89 bits per heavy atom. The molecule has 1 aromatic heterocycles. The van der Waals surface area contributed by atoms with Gasteiger partial charge in [0.1, 0.15) is 0 Å². The number of hydrogen-bond donors (Lipinski definition) is 1. The Labute approximate surface area is 115 Å². The zero-order valence-corrected chi connectivity index (χ0v) is 12.0. The lowest BCUT2D eigenvalue weighted by Gasteiger charge is -2.35. The van der Waals surface area contributed by atoms with Crippen molar-refractivity contribution in [1.29, 1.82) is 0 Å². The highest BCUT2D eigenvalue weighted by molar-refractivity contribution is 5.13. The maximum absolute atomic E-state index is 6.10. The largest absolute Gasteiger partial charge is 0.472 e. The minimum absolute atomic E-state index is 0.259. The quantitative estimate of drug-likeness (QED) is 0.856. The van der Waals surface area contributed by atoms with Crippen LogP contribution >= 0.6 is 0 Å². The van der Waals surface area contributed by atoms with Gasteiger partial charge in [-0.1, -0.05) is 13.8 Å². The highest BCUT2D eigenvalue weighted by atomic mass is 16.5. The number of furan rings is 1. The van der Waals surface area contributed by atoms with Crippen LogP contribution in [0.4, 0.5) is 0 Å². The molecule has 3 heteroatoms. The first-order valence-electron chi connectivity index (χ1n) is 7.56. The van der Waals surface area contributed by atoms with E-state index in [-0.39, 0.29) is 5.41 Å². The van der Waals surface area contributed by atoms with Crippen molar-refractivity contribution in [2.24, 2.45) is 11.3 Å². The van der Waals surface area contributed by atoms with Crippen LogP contribution in [-0.2, 0) is 11.2 Å². The number of nitrogens with one attached hydrogen (secondary N) is 1. The van der Waals surface area contributed by atoms with Crippen molar-refractivity contribution in [2.75, 3.05) is 13.2 Å². The van der Waals surface area contributed by atoms with Gasteiger partial charge in [0.25, 0.3) is 0 Å². The summed E-state index contributed by atoms with van der Waals surface area (Å²) in [4.78, 5) is 0. The third-order valence-electron chi connectivity index (χ3n) is 4.55. The number of hydrogen-bond acceptors (Lipinski definition) is 3. The molecule has 1 aromatic rings. The molecule has 0 aromatic carbocycles. The first-order chi connectivity index (χ1) is 9.20. The molecule has 0 radical (unpaired) electrons. The van der Waals surface area contributed by atoms with Crippen LogP contribution < -0.4 is 5.32 Å². The van der Waals surface area contributed by atoms with Gasteiger partial charge >= 0.3 is 0 Å². The van der Waals surface area contributed by atoms with E-state index < -0.39 is 0 Å². The monoisotopic (exact) mass is 263 g/mol. The Hall–Kier alpha value is -0.800. The molecule has 2 fully saturated rings. The zero-order chi connectivity index (χ0) is 13.3. The first-order valence-corrected chi connectivity index (χ1v) is 7.56. The number of ether oxygens (including phenoxy) is 1. The first kappa shape index (κ1) is 13.2. The fourth-order valence-electron chi connectivity index (χ4n) is 3.39. The van der Waals surface area contributed by atoms with E-state index in [1.54, 1.807) is 6.26 Å². The molecule has 2 aliphatic rings. The fourth-order valence-corrected chi connectivity index (χ4v) is 3.39. The summed E-state index contributed by atoms with van der Waals surface area (Å²) in [7, 11) is 0. The van der Waals surface area contributed by atoms with Crippen molar-refractivity contribution in [3.63, 3.8) is 0 Å². The summed E-state index contributed by atoms with van der Waals surface area (Å²) in [6.07, 6.45) is 9.04. The van der Waals surface area contributed by atoms with Crippen LogP contribution in [0.15, 0.2) is 23.0 Å². The van der Waals surface area contributed by atoms with Crippen molar-refractivity contribution in [2.45, 2.75) is 51.7 Å². The summed E-state index contributed by atoms with van der Waals surface area (Å²) in [6, 6.07) is 2.63. The molecule has 2 heterocycles. The molecule has 19 heavy (non-hydrogen) atoms. The SMILES string of the molecule is CC(C)NCC1(Cc2ccoc2)CCOC1C1CC1. The number of rotatable bonds is 6. The molecular formula is C16H25NO2. The van der Waals surface area contributed by atoms with Gasteiger partial charge in [-0.25, -0.2) is 0 Å². The Balaban J connectivity index is 1.77. The lowest BCUT2D eigenvalue weighted by atomic mass is 9.74. The summed E-state index contributed by atoms with van der Waals surface area (Å²) in [6.45, 7) is 6.40. The van der Waals surface area contributed by atoms with E-state index in [4.69, 9.17) is 9.15 Å².